The molecule has 0 aromatic heterocycles. The van der Waals surface area contributed by atoms with Gasteiger partial charge in [-0.05, 0) is 30.0 Å². The summed E-state index contributed by atoms with van der Waals surface area (Å²) in [7, 11) is 0. The van der Waals surface area contributed by atoms with E-state index >= 15 is 0 Å². The number of nitrogens with two attached hydrogens (primary N) is 1. The van der Waals surface area contributed by atoms with E-state index in [-0.39, 0.29) is 0 Å². The van der Waals surface area contributed by atoms with Gasteiger partial charge in [0.1, 0.15) is 11.6 Å². The largest absolute Gasteiger partial charge is 0.321 e. The highest BCUT2D eigenvalue weighted by Crippen LogP contribution is 2.27. The molecule has 2 rings (SSSR count). The number of rotatable bonds is 4. The molecule has 0 amide bonds. The van der Waals surface area contributed by atoms with Crippen LogP contribution in [0.25, 0.3) is 0 Å². The topological polar surface area (TPSA) is 26.0 Å². The molecule has 0 saturated heterocycles. The highest BCUT2D eigenvalue weighted by atomic mass is 19.1. The zero-order valence-electron chi connectivity index (χ0n) is 10.9. The van der Waals surface area contributed by atoms with E-state index < -0.39 is 17.2 Å². The minimum atomic E-state index is -0.639. The van der Waals surface area contributed by atoms with Crippen molar-refractivity contribution in [2.24, 2.45) is 5.73 Å². The van der Waals surface area contributed by atoms with Gasteiger partial charge in [0.25, 0.3) is 0 Å². The van der Waals surface area contributed by atoms with Crippen molar-refractivity contribution in [3.8, 4) is 0 Å². The summed E-state index contributed by atoms with van der Waals surface area (Å²) in [5.74, 6) is -1.11. The van der Waals surface area contributed by atoms with Gasteiger partial charge in [-0.15, -0.1) is 0 Å². The Balaban J connectivity index is 2.33. The molecule has 0 bridgehead atoms. The average Bonchev–Trinajstić information content (AvgIpc) is 2.43. The number of halogens is 2. The maximum atomic E-state index is 13.7. The molecule has 2 aromatic rings. The van der Waals surface area contributed by atoms with E-state index in [0.717, 1.165) is 11.6 Å². The summed E-state index contributed by atoms with van der Waals surface area (Å²) in [5.41, 5.74) is 7.16. The lowest BCUT2D eigenvalue weighted by Crippen LogP contribution is -2.38. The standard InChI is InChI=1S/C16H17F2N/c1-2-16(19,13-6-4-3-5-7-13)11-12-8-9-14(17)10-15(12)18/h3-10H,2,11,19H2,1H3. The fourth-order valence-corrected chi connectivity index (χ4v) is 2.21. The van der Waals surface area contributed by atoms with Crippen LogP contribution in [0.4, 0.5) is 8.78 Å². The van der Waals surface area contributed by atoms with Crippen molar-refractivity contribution in [2.75, 3.05) is 0 Å². The molecule has 0 aliphatic rings. The van der Waals surface area contributed by atoms with Crippen LogP contribution in [0.3, 0.4) is 0 Å². The van der Waals surface area contributed by atoms with Gasteiger partial charge in [0.2, 0.25) is 0 Å². The second kappa shape index (κ2) is 5.49. The number of hydrogen-bond acceptors (Lipinski definition) is 1. The minimum Gasteiger partial charge on any atom is -0.321 e. The quantitative estimate of drug-likeness (QED) is 0.890. The van der Waals surface area contributed by atoms with Crippen molar-refractivity contribution in [2.45, 2.75) is 25.3 Å². The van der Waals surface area contributed by atoms with Gasteiger partial charge >= 0.3 is 0 Å². The first-order valence-corrected chi connectivity index (χ1v) is 6.33. The van der Waals surface area contributed by atoms with Gasteiger partial charge in [0.05, 0.1) is 0 Å². The van der Waals surface area contributed by atoms with Crippen LogP contribution in [0.5, 0.6) is 0 Å². The fraction of sp³-hybridized carbons (Fsp3) is 0.250. The molecule has 100 valence electrons. The summed E-state index contributed by atoms with van der Waals surface area (Å²) in [6.45, 7) is 1.97. The molecule has 0 radical (unpaired) electrons. The highest BCUT2D eigenvalue weighted by molar-refractivity contribution is 5.29. The Morgan fingerprint density at radius 1 is 1.05 bits per heavy atom. The van der Waals surface area contributed by atoms with Crippen molar-refractivity contribution in [3.05, 3.63) is 71.3 Å². The summed E-state index contributed by atoms with van der Waals surface area (Å²) in [6.07, 6.45) is 1.02. The van der Waals surface area contributed by atoms with Gasteiger partial charge in [0.15, 0.2) is 0 Å². The first-order chi connectivity index (χ1) is 9.05. The van der Waals surface area contributed by atoms with Crippen LogP contribution in [-0.4, -0.2) is 0 Å². The van der Waals surface area contributed by atoms with Gasteiger partial charge in [-0.3, -0.25) is 0 Å². The molecular weight excluding hydrogens is 244 g/mol. The third kappa shape index (κ3) is 2.99. The fourth-order valence-electron chi connectivity index (χ4n) is 2.21. The molecule has 1 unspecified atom stereocenters. The Bertz CT molecular complexity index is 554. The van der Waals surface area contributed by atoms with Crippen molar-refractivity contribution < 1.29 is 8.78 Å². The molecule has 0 heterocycles. The SMILES string of the molecule is CCC(N)(Cc1ccc(F)cc1F)c1ccccc1. The molecule has 1 atom stereocenters. The smallest absolute Gasteiger partial charge is 0.129 e. The third-order valence-electron chi connectivity index (χ3n) is 3.50. The molecule has 19 heavy (non-hydrogen) atoms. The summed E-state index contributed by atoms with van der Waals surface area (Å²) in [6, 6.07) is 13.2. The van der Waals surface area contributed by atoms with E-state index in [1.165, 1.54) is 12.1 Å². The predicted octanol–water partition coefficient (Wildman–Crippen LogP) is 3.77. The Morgan fingerprint density at radius 2 is 1.74 bits per heavy atom. The Kier molecular flexibility index (Phi) is 3.96. The molecule has 2 aromatic carbocycles. The number of benzene rings is 2. The minimum absolute atomic E-state index is 0.347. The first-order valence-electron chi connectivity index (χ1n) is 6.33. The Labute approximate surface area is 112 Å². The van der Waals surface area contributed by atoms with Crippen molar-refractivity contribution in [3.63, 3.8) is 0 Å². The van der Waals surface area contributed by atoms with Crippen LogP contribution in [0, 0.1) is 11.6 Å². The average molecular weight is 261 g/mol. The van der Waals surface area contributed by atoms with Crippen LogP contribution in [-0.2, 0) is 12.0 Å². The predicted molar refractivity (Wildman–Crippen MR) is 72.7 cm³/mol. The maximum Gasteiger partial charge on any atom is 0.129 e. The zero-order valence-corrected chi connectivity index (χ0v) is 10.9. The van der Waals surface area contributed by atoms with E-state index in [4.69, 9.17) is 5.73 Å². The zero-order chi connectivity index (χ0) is 13.9. The van der Waals surface area contributed by atoms with Crippen molar-refractivity contribution in [1.29, 1.82) is 0 Å². The number of hydrogen-bond donors (Lipinski definition) is 1. The van der Waals surface area contributed by atoms with Gasteiger partial charge in [-0.2, -0.15) is 0 Å². The van der Waals surface area contributed by atoms with Crippen LogP contribution in [0.1, 0.15) is 24.5 Å². The molecule has 0 spiro atoms. The lowest BCUT2D eigenvalue weighted by molar-refractivity contribution is 0.415. The lowest BCUT2D eigenvalue weighted by Gasteiger charge is -2.29. The van der Waals surface area contributed by atoms with Crippen LogP contribution < -0.4 is 5.73 Å². The van der Waals surface area contributed by atoms with E-state index in [1.807, 2.05) is 37.3 Å². The molecular formula is C16H17F2N. The van der Waals surface area contributed by atoms with Gasteiger partial charge in [-0.1, -0.05) is 43.3 Å². The summed E-state index contributed by atoms with van der Waals surface area (Å²) in [5, 5.41) is 0. The summed E-state index contributed by atoms with van der Waals surface area (Å²) >= 11 is 0. The van der Waals surface area contributed by atoms with Crippen LogP contribution in [0.2, 0.25) is 0 Å². The van der Waals surface area contributed by atoms with E-state index in [1.54, 1.807) is 0 Å². The third-order valence-corrected chi connectivity index (χ3v) is 3.50. The molecule has 0 aliphatic heterocycles. The second-order valence-electron chi connectivity index (χ2n) is 4.79. The second-order valence-corrected chi connectivity index (χ2v) is 4.79. The van der Waals surface area contributed by atoms with Gasteiger partial charge < -0.3 is 5.73 Å². The van der Waals surface area contributed by atoms with E-state index in [2.05, 4.69) is 0 Å². The summed E-state index contributed by atoms with van der Waals surface area (Å²) < 4.78 is 26.7. The maximum absolute atomic E-state index is 13.7. The van der Waals surface area contributed by atoms with Crippen LogP contribution >= 0.6 is 0 Å². The van der Waals surface area contributed by atoms with Crippen LogP contribution in [0.15, 0.2) is 48.5 Å². The lowest BCUT2D eigenvalue weighted by atomic mass is 9.82. The Hall–Kier alpha value is -1.74. The monoisotopic (exact) mass is 261 g/mol. The van der Waals surface area contributed by atoms with E-state index in [9.17, 15) is 8.78 Å². The van der Waals surface area contributed by atoms with Crippen molar-refractivity contribution in [1.82, 2.24) is 0 Å². The molecule has 2 N–H and O–H groups in total. The first kappa shape index (κ1) is 13.7. The van der Waals surface area contributed by atoms with Gasteiger partial charge in [-0.25, -0.2) is 8.78 Å². The van der Waals surface area contributed by atoms with Crippen molar-refractivity contribution >= 4 is 0 Å². The van der Waals surface area contributed by atoms with Gasteiger partial charge in [0, 0.05) is 11.6 Å². The normalized spacial score (nSPS) is 14.1. The Morgan fingerprint density at radius 3 is 2.32 bits per heavy atom. The molecule has 3 heteroatoms. The molecule has 0 saturated carbocycles. The molecule has 0 fully saturated rings. The summed E-state index contributed by atoms with van der Waals surface area (Å²) in [4.78, 5) is 0. The molecule has 0 aliphatic carbocycles. The van der Waals surface area contributed by atoms with E-state index in [0.29, 0.717) is 18.4 Å². The molecule has 1 nitrogen and oxygen atoms in total. The highest BCUT2D eigenvalue weighted by Gasteiger charge is 2.26.